The number of hydrogen-bond donors (Lipinski definition) is 2. The highest BCUT2D eigenvalue weighted by Gasteiger charge is 2.22. The van der Waals surface area contributed by atoms with E-state index in [0.29, 0.717) is 11.3 Å². The smallest absolute Gasteiger partial charge is 0.282 e. The summed E-state index contributed by atoms with van der Waals surface area (Å²) in [4.78, 5) is 14.7. The predicted octanol–water partition coefficient (Wildman–Crippen LogP) is 2.45. The second kappa shape index (κ2) is 9.12. The molecule has 0 aliphatic carbocycles. The van der Waals surface area contributed by atoms with Gasteiger partial charge in [0.2, 0.25) is 0 Å². The van der Waals surface area contributed by atoms with Crippen LogP contribution in [-0.2, 0) is 9.53 Å². The van der Waals surface area contributed by atoms with Gasteiger partial charge in [0.25, 0.3) is 5.91 Å². The molecule has 2 atom stereocenters. The van der Waals surface area contributed by atoms with Gasteiger partial charge in [0.05, 0.1) is 13.2 Å². The molecule has 7 heteroatoms. The number of halogens is 2. The normalized spacial score (nSPS) is 16.5. The maximum Gasteiger partial charge on any atom is 0.282 e. The fourth-order valence-corrected chi connectivity index (χ4v) is 3.33. The lowest BCUT2D eigenvalue weighted by Crippen LogP contribution is -2.91. The third kappa shape index (κ3) is 5.05. The number of carbonyl (C=O) groups excluding carboxylic acids is 1. The van der Waals surface area contributed by atoms with Gasteiger partial charge in [-0.1, -0.05) is 0 Å². The molecule has 0 saturated carbocycles. The lowest BCUT2D eigenvalue weighted by Gasteiger charge is -2.29. The molecular weight excluding hydrogens is 364 g/mol. The standard InChI is InChI=1S/C21H25F2N3O2/c1-14(19-8-3-16(22)13-20(19)23)24-15(2)21(27)25-17-4-6-18(7-5-17)26-9-11-28-12-10-26/h3-8,13-15,24H,9-12H2,1-2H3,(H,25,27)/p+1/t14-,15-/m1/s1. The molecule has 1 amide bonds. The van der Waals surface area contributed by atoms with Crippen molar-refractivity contribution in [2.24, 2.45) is 0 Å². The number of anilines is 2. The van der Waals surface area contributed by atoms with Crippen molar-refractivity contribution in [2.75, 3.05) is 36.5 Å². The van der Waals surface area contributed by atoms with Crippen molar-refractivity contribution < 1.29 is 23.6 Å². The van der Waals surface area contributed by atoms with Gasteiger partial charge >= 0.3 is 0 Å². The summed E-state index contributed by atoms with van der Waals surface area (Å²) in [5.74, 6) is -1.39. The topological polar surface area (TPSA) is 58.2 Å². The Morgan fingerprint density at radius 1 is 1.11 bits per heavy atom. The molecule has 5 nitrogen and oxygen atoms in total. The fourth-order valence-electron chi connectivity index (χ4n) is 3.33. The Labute approximate surface area is 163 Å². The van der Waals surface area contributed by atoms with Crippen LogP contribution in [0.4, 0.5) is 20.2 Å². The minimum Gasteiger partial charge on any atom is -0.378 e. The third-order valence-corrected chi connectivity index (χ3v) is 4.96. The first-order valence-corrected chi connectivity index (χ1v) is 9.47. The Balaban J connectivity index is 1.56. The first-order chi connectivity index (χ1) is 13.4. The molecule has 1 saturated heterocycles. The van der Waals surface area contributed by atoms with E-state index in [4.69, 9.17) is 4.74 Å². The molecule has 0 bridgehead atoms. The van der Waals surface area contributed by atoms with Gasteiger partial charge < -0.3 is 20.3 Å². The van der Waals surface area contributed by atoms with E-state index in [1.54, 1.807) is 19.2 Å². The third-order valence-electron chi connectivity index (χ3n) is 4.96. The fraction of sp³-hybridized carbons (Fsp3) is 0.381. The van der Waals surface area contributed by atoms with Gasteiger partial charge in [-0.2, -0.15) is 0 Å². The van der Waals surface area contributed by atoms with Gasteiger partial charge in [0.15, 0.2) is 6.04 Å². The molecule has 1 fully saturated rings. The second-order valence-corrected chi connectivity index (χ2v) is 7.07. The minimum absolute atomic E-state index is 0.173. The van der Waals surface area contributed by atoms with Crippen molar-refractivity contribution in [3.05, 3.63) is 59.7 Å². The van der Waals surface area contributed by atoms with E-state index in [-0.39, 0.29) is 11.9 Å². The summed E-state index contributed by atoms with van der Waals surface area (Å²) in [6.07, 6.45) is 0. The molecule has 3 rings (SSSR count). The van der Waals surface area contributed by atoms with Crippen LogP contribution in [0.15, 0.2) is 42.5 Å². The Kier molecular flexibility index (Phi) is 6.59. The Hall–Kier alpha value is -2.51. The number of ether oxygens (including phenoxy) is 1. The maximum atomic E-state index is 13.9. The van der Waals surface area contributed by atoms with Crippen LogP contribution in [0.5, 0.6) is 0 Å². The lowest BCUT2D eigenvalue weighted by molar-refractivity contribution is -0.710. The Morgan fingerprint density at radius 2 is 1.79 bits per heavy atom. The van der Waals surface area contributed by atoms with E-state index in [0.717, 1.165) is 38.1 Å². The molecule has 0 aromatic heterocycles. The molecule has 1 aliphatic rings. The highest BCUT2D eigenvalue weighted by molar-refractivity contribution is 5.93. The van der Waals surface area contributed by atoms with Crippen molar-refractivity contribution in [1.82, 2.24) is 0 Å². The van der Waals surface area contributed by atoms with Crippen LogP contribution < -0.4 is 15.5 Å². The Bertz CT molecular complexity index is 808. The molecule has 0 radical (unpaired) electrons. The quantitative estimate of drug-likeness (QED) is 0.797. The van der Waals surface area contributed by atoms with E-state index in [1.807, 2.05) is 24.3 Å². The SMILES string of the molecule is C[C@@H]([NH2+][C@H](C)c1ccc(F)cc1F)C(=O)Nc1ccc(N2CCOCC2)cc1. The number of morpholine rings is 1. The molecule has 3 N–H and O–H groups in total. The van der Waals surface area contributed by atoms with Crippen molar-refractivity contribution in [3.63, 3.8) is 0 Å². The van der Waals surface area contributed by atoms with E-state index in [9.17, 15) is 13.6 Å². The van der Waals surface area contributed by atoms with Crippen molar-refractivity contribution in [1.29, 1.82) is 0 Å². The number of rotatable bonds is 6. The zero-order valence-electron chi connectivity index (χ0n) is 16.1. The van der Waals surface area contributed by atoms with Crippen LogP contribution in [0.1, 0.15) is 25.5 Å². The monoisotopic (exact) mass is 390 g/mol. The van der Waals surface area contributed by atoms with Gasteiger partial charge in [0, 0.05) is 36.1 Å². The zero-order valence-corrected chi connectivity index (χ0v) is 16.1. The van der Waals surface area contributed by atoms with E-state index < -0.39 is 17.7 Å². The number of benzene rings is 2. The highest BCUT2D eigenvalue weighted by atomic mass is 19.1. The molecule has 2 aromatic carbocycles. The molecule has 2 aromatic rings. The average molecular weight is 390 g/mol. The summed E-state index contributed by atoms with van der Waals surface area (Å²) in [6.45, 7) is 6.70. The van der Waals surface area contributed by atoms with E-state index >= 15 is 0 Å². The van der Waals surface area contributed by atoms with E-state index in [1.165, 1.54) is 12.1 Å². The average Bonchev–Trinajstić information content (AvgIpc) is 2.69. The number of hydrogen-bond acceptors (Lipinski definition) is 3. The summed E-state index contributed by atoms with van der Waals surface area (Å²) in [6, 6.07) is 10.5. The number of nitrogens with two attached hydrogens (primary N) is 1. The summed E-state index contributed by atoms with van der Waals surface area (Å²) >= 11 is 0. The van der Waals surface area contributed by atoms with Gasteiger partial charge in [-0.3, -0.25) is 4.79 Å². The van der Waals surface area contributed by atoms with Crippen molar-refractivity contribution >= 4 is 17.3 Å². The predicted molar refractivity (Wildman–Crippen MR) is 104 cm³/mol. The molecular formula is C21H26F2N3O2+. The van der Waals surface area contributed by atoms with Crippen LogP contribution in [0.3, 0.4) is 0 Å². The van der Waals surface area contributed by atoms with E-state index in [2.05, 4.69) is 10.2 Å². The summed E-state index contributed by atoms with van der Waals surface area (Å²) in [7, 11) is 0. The molecule has 28 heavy (non-hydrogen) atoms. The number of quaternary nitrogens is 1. The summed E-state index contributed by atoms with van der Waals surface area (Å²) in [5, 5.41) is 4.64. The highest BCUT2D eigenvalue weighted by Crippen LogP contribution is 2.19. The first kappa shape index (κ1) is 20.2. The largest absolute Gasteiger partial charge is 0.378 e. The first-order valence-electron chi connectivity index (χ1n) is 9.47. The Morgan fingerprint density at radius 3 is 2.43 bits per heavy atom. The summed E-state index contributed by atoms with van der Waals surface area (Å²) in [5.41, 5.74) is 2.18. The second-order valence-electron chi connectivity index (χ2n) is 7.07. The molecule has 1 aliphatic heterocycles. The molecule has 0 spiro atoms. The van der Waals surface area contributed by atoms with Gasteiger partial charge in [-0.25, -0.2) is 8.78 Å². The minimum atomic E-state index is -0.611. The lowest BCUT2D eigenvalue weighted by atomic mass is 10.1. The number of nitrogens with zero attached hydrogens (tertiary/aromatic N) is 1. The summed E-state index contributed by atoms with van der Waals surface area (Å²) < 4.78 is 32.3. The van der Waals surface area contributed by atoms with Gasteiger partial charge in [-0.05, 0) is 50.2 Å². The molecule has 150 valence electrons. The van der Waals surface area contributed by atoms with Crippen LogP contribution in [0.25, 0.3) is 0 Å². The number of carbonyl (C=O) groups is 1. The number of amides is 1. The van der Waals surface area contributed by atoms with Crippen molar-refractivity contribution in [3.8, 4) is 0 Å². The van der Waals surface area contributed by atoms with Crippen LogP contribution >= 0.6 is 0 Å². The molecule has 1 heterocycles. The van der Waals surface area contributed by atoms with Crippen LogP contribution in [-0.4, -0.2) is 38.3 Å². The van der Waals surface area contributed by atoms with Crippen molar-refractivity contribution in [2.45, 2.75) is 25.9 Å². The van der Waals surface area contributed by atoms with Crippen LogP contribution in [0, 0.1) is 11.6 Å². The maximum absolute atomic E-state index is 13.9. The molecule has 0 unspecified atom stereocenters. The number of nitrogens with one attached hydrogen (secondary N) is 1. The van der Waals surface area contributed by atoms with Crippen LogP contribution in [0.2, 0.25) is 0 Å². The zero-order chi connectivity index (χ0) is 20.1. The van der Waals surface area contributed by atoms with Gasteiger partial charge in [-0.15, -0.1) is 0 Å². The van der Waals surface area contributed by atoms with Gasteiger partial charge in [0.1, 0.15) is 17.7 Å².